The molecule has 1 unspecified atom stereocenters. The SMILES string of the molecule is O=C(c1cn[nH]c1)N1CCC(CCl)C1. The number of carbonyl (C=O) groups excluding carboxylic acids is 1. The van der Waals surface area contributed by atoms with Gasteiger partial charge in [-0.1, -0.05) is 0 Å². The molecule has 5 heteroatoms. The molecular formula is C9H12ClN3O. The van der Waals surface area contributed by atoms with Crippen LogP contribution < -0.4 is 0 Å². The van der Waals surface area contributed by atoms with Crippen LogP contribution in [0.4, 0.5) is 0 Å². The van der Waals surface area contributed by atoms with Crippen molar-refractivity contribution in [2.75, 3.05) is 19.0 Å². The van der Waals surface area contributed by atoms with E-state index in [-0.39, 0.29) is 5.91 Å². The summed E-state index contributed by atoms with van der Waals surface area (Å²) in [4.78, 5) is 13.6. The number of alkyl halides is 1. The predicted octanol–water partition coefficient (Wildman–Crippen LogP) is 1.11. The van der Waals surface area contributed by atoms with Crippen LogP contribution in [0.3, 0.4) is 0 Å². The van der Waals surface area contributed by atoms with Gasteiger partial charge in [0.15, 0.2) is 0 Å². The van der Waals surface area contributed by atoms with Crippen molar-refractivity contribution in [2.24, 2.45) is 5.92 Å². The summed E-state index contributed by atoms with van der Waals surface area (Å²) in [5.41, 5.74) is 0.625. The molecule has 2 rings (SSSR count). The zero-order valence-electron chi connectivity index (χ0n) is 7.74. The third kappa shape index (κ3) is 1.75. The van der Waals surface area contributed by atoms with Crippen LogP contribution in [0.2, 0.25) is 0 Å². The summed E-state index contributed by atoms with van der Waals surface area (Å²) in [5, 5.41) is 6.39. The molecule has 1 aromatic heterocycles. The van der Waals surface area contributed by atoms with Gasteiger partial charge < -0.3 is 4.90 Å². The van der Waals surface area contributed by atoms with Crippen LogP contribution in [0.1, 0.15) is 16.8 Å². The normalized spacial score (nSPS) is 21.5. The number of nitrogens with zero attached hydrogens (tertiary/aromatic N) is 2. The molecule has 0 radical (unpaired) electrons. The lowest BCUT2D eigenvalue weighted by Crippen LogP contribution is -2.28. The van der Waals surface area contributed by atoms with Crippen LogP contribution in [0.5, 0.6) is 0 Å². The van der Waals surface area contributed by atoms with Crippen LogP contribution in [-0.2, 0) is 0 Å². The minimum absolute atomic E-state index is 0.0476. The quantitative estimate of drug-likeness (QED) is 0.749. The Hall–Kier alpha value is -1.03. The molecule has 0 aromatic carbocycles. The summed E-state index contributed by atoms with van der Waals surface area (Å²) >= 11 is 5.75. The van der Waals surface area contributed by atoms with Gasteiger partial charge in [0, 0.05) is 25.2 Å². The van der Waals surface area contributed by atoms with Crippen molar-refractivity contribution in [1.82, 2.24) is 15.1 Å². The maximum Gasteiger partial charge on any atom is 0.257 e. The molecule has 0 spiro atoms. The first-order valence-corrected chi connectivity index (χ1v) is 5.18. The molecule has 14 heavy (non-hydrogen) atoms. The molecule has 1 N–H and O–H groups in total. The Morgan fingerprint density at radius 2 is 2.64 bits per heavy atom. The number of nitrogens with one attached hydrogen (secondary N) is 1. The van der Waals surface area contributed by atoms with E-state index in [1.165, 1.54) is 0 Å². The number of hydrogen-bond acceptors (Lipinski definition) is 2. The zero-order valence-corrected chi connectivity index (χ0v) is 8.50. The molecule has 0 saturated carbocycles. The first-order chi connectivity index (χ1) is 6.81. The van der Waals surface area contributed by atoms with Crippen molar-refractivity contribution >= 4 is 17.5 Å². The summed E-state index contributed by atoms with van der Waals surface area (Å²) in [6.07, 6.45) is 4.18. The number of carbonyl (C=O) groups is 1. The molecule has 76 valence electrons. The average Bonchev–Trinajstić information content (AvgIpc) is 2.88. The number of halogens is 1. The van der Waals surface area contributed by atoms with Crippen LogP contribution in [-0.4, -0.2) is 40.0 Å². The smallest absolute Gasteiger partial charge is 0.257 e. The van der Waals surface area contributed by atoms with Crippen molar-refractivity contribution in [3.05, 3.63) is 18.0 Å². The van der Waals surface area contributed by atoms with E-state index in [4.69, 9.17) is 11.6 Å². The lowest BCUT2D eigenvalue weighted by Gasteiger charge is -2.14. The number of likely N-dealkylation sites (tertiary alicyclic amines) is 1. The molecule has 1 atom stereocenters. The van der Waals surface area contributed by atoms with Crippen LogP contribution in [0, 0.1) is 5.92 Å². The van der Waals surface area contributed by atoms with Gasteiger partial charge in [-0.25, -0.2) is 0 Å². The van der Waals surface area contributed by atoms with E-state index in [1.807, 2.05) is 4.90 Å². The highest BCUT2D eigenvalue weighted by Crippen LogP contribution is 2.19. The van der Waals surface area contributed by atoms with E-state index >= 15 is 0 Å². The van der Waals surface area contributed by atoms with Crippen LogP contribution in [0.15, 0.2) is 12.4 Å². The fourth-order valence-electron chi connectivity index (χ4n) is 1.69. The van der Waals surface area contributed by atoms with E-state index in [2.05, 4.69) is 10.2 Å². The second-order valence-electron chi connectivity index (χ2n) is 3.55. The Morgan fingerprint density at radius 1 is 1.79 bits per heavy atom. The molecule has 1 fully saturated rings. The molecule has 4 nitrogen and oxygen atoms in total. The maximum atomic E-state index is 11.8. The number of H-pyrrole nitrogens is 1. The van der Waals surface area contributed by atoms with Gasteiger partial charge in [0.25, 0.3) is 5.91 Å². The van der Waals surface area contributed by atoms with Gasteiger partial charge in [0.2, 0.25) is 0 Å². The van der Waals surface area contributed by atoms with Crippen molar-refractivity contribution in [3.63, 3.8) is 0 Å². The number of aromatic amines is 1. The highest BCUT2D eigenvalue weighted by Gasteiger charge is 2.26. The van der Waals surface area contributed by atoms with Crippen LogP contribution in [0.25, 0.3) is 0 Å². The Morgan fingerprint density at radius 3 is 3.21 bits per heavy atom. The Kier molecular flexibility index (Phi) is 2.72. The van der Waals surface area contributed by atoms with Gasteiger partial charge in [-0.2, -0.15) is 5.10 Å². The molecule has 0 aliphatic carbocycles. The maximum absolute atomic E-state index is 11.8. The summed E-state index contributed by atoms with van der Waals surface area (Å²) in [7, 11) is 0. The molecule has 2 heterocycles. The van der Waals surface area contributed by atoms with Gasteiger partial charge in [0.1, 0.15) is 0 Å². The lowest BCUT2D eigenvalue weighted by atomic mass is 10.2. The van der Waals surface area contributed by atoms with Crippen molar-refractivity contribution in [3.8, 4) is 0 Å². The van der Waals surface area contributed by atoms with Crippen LogP contribution >= 0.6 is 11.6 Å². The van der Waals surface area contributed by atoms with E-state index in [0.29, 0.717) is 17.4 Å². The number of amides is 1. The number of rotatable bonds is 2. The highest BCUT2D eigenvalue weighted by atomic mass is 35.5. The molecule has 0 bridgehead atoms. The largest absolute Gasteiger partial charge is 0.338 e. The first kappa shape index (κ1) is 9.52. The zero-order chi connectivity index (χ0) is 9.97. The van der Waals surface area contributed by atoms with Gasteiger partial charge in [-0.3, -0.25) is 9.89 Å². The first-order valence-electron chi connectivity index (χ1n) is 4.65. The fraction of sp³-hybridized carbons (Fsp3) is 0.556. The molecule has 1 aliphatic heterocycles. The highest BCUT2D eigenvalue weighted by molar-refractivity contribution is 6.18. The number of aromatic nitrogens is 2. The molecule has 1 aliphatic rings. The summed E-state index contributed by atoms with van der Waals surface area (Å²) in [6.45, 7) is 1.58. The Labute approximate surface area is 87.2 Å². The minimum atomic E-state index is 0.0476. The summed E-state index contributed by atoms with van der Waals surface area (Å²) in [6, 6.07) is 0. The monoisotopic (exact) mass is 213 g/mol. The van der Waals surface area contributed by atoms with E-state index in [9.17, 15) is 4.79 Å². The second kappa shape index (κ2) is 4.00. The van der Waals surface area contributed by atoms with Gasteiger partial charge in [-0.05, 0) is 12.3 Å². The second-order valence-corrected chi connectivity index (χ2v) is 3.86. The third-order valence-electron chi connectivity index (χ3n) is 2.54. The summed E-state index contributed by atoms with van der Waals surface area (Å²) < 4.78 is 0. The molecule has 1 aromatic rings. The average molecular weight is 214 g/mol. The van der Waals surface area contributed by atoms with E-state index in [1.54, 1.807) is 12.4 Å². The van der Waals surface area contributed by atoms with Crippen molar-refractivity contribution in [1.29, 1.82) is 0 Å². The summed E-state index contributed by atoms with van der Waals surface area (Å²) in [5.74, 6) is 1.13. The third-order valence-corrected chi connectivity index (χ3v) is 2.97. The van der Waals surface area contributed by atoms with E-state index < -0.39 is 0 Å². The van der Waals surface area contributed by atoms with Crippen molar-refractivity contribution in [2.45, 2.75) is 6.42 Å². The minimum Gasteiger partial charge on any atom is -0.338 e. The van der Waals surface area contributed by atoms with Crippen molar-refractivity contribution < 1.29 is 4.79 Å². The van der Waals surface area contributed by atoms with Gasteiger partial charge in [0.05, 0.1) is 11.8 Å². The fourth-order valence-corrected chi connectivity index (χ4v) is 1.95. The molecule has 1 saturated heterocycles. The molecule has 1 amide bonds. The van der Waals surface area contributed by atoms with Gasteiger partial charge >= 0.3 is 0 Å². The molecular weight excluding hydrogens is 202 g/mol. The topological polar surface area (TPSA) is 49.0 Å². The predicted molar refractivity (Wildman–Crippen MR) is 53.3 cm³/mol. The lowest BCUT2D eigenvalue weighted by molar-refractivity contribution is 0.0788. The standard InChI is InChI=1S/C9H12ClN3O/c10-3-7-1-2-13(6-7)9(14)8-4-11-12-5-8/h4-5,7H,1-3,6H2,(H,11,12). The Balaban J connectivity index is 2.00. The van der Waals surface area contributed by atoms with E-state index in [0.717, 1.165) is 19.5 Å². The number of hydrogen-bond donors (Lipinski definition) is 1. The van der Waals surface area contributed by atoms with Gasteiger partial charge in [-0.15, -0.1) is 11.6 Å². The Bertz CT molecular complexity index is 312.